The second-order valence-electron chi connectivity index (χ2n) is 1.89. The van der Waals surface area contributed by atoms with Gasteiger partial charge in [0.25, 0.3) is 0 Å². The summed E-state index contributed by atoms with van der Waals surface area (Å²) in [5, 5.41) is -0.354. The SMILES string of the molecule is O=C(Cl)Cc1cccnc1. The predicted molar refractivity (Wildman–Crippen MR) is 38.8 cm³/mol. The Kier molecular flexibility index (Phi) is 2.40. The minimum atomic E-state index is -0.354. The van der Waals surface area contributed by atoms with E-state index in [1.165, 1.54) is 0 Å². The Labute approximate surface area is 63.8 Å². The smallest absolute Gasteiger partial charge is 0.226 e. The van der Waals surface area contributed by atoms with Gasteiger partial charge in [-0.05, 0) is 23.2 Å². The van der Waals surface area contributed by atoms with Gasteiger partial charge in [0, 0.05) is 18.8 Å². The molecular weight excluding hydrogens is 150 g/mol. The van der Waals surface area contributed by atoms with E-state index in [0.29, 0.717) is 0 Å². The molecule has 1 rings (SSSR count). The van der Waals surface area contributed by atoms with Crippen molar-refractivity contribution in [2.45, 2.75) is 6.42 Å². The Morgan fingerprint density at radius 3 is 3.00 bits per heavy atom. The van der Waals surface area contributed by atoms with Crippen LogP contribution >= 0.6 is 11.6 Å². The van der Waals surface area contributed by atoms with Crippen molar-refractivity contribution in [2.75, 3.05) is 0 Å². The summed E-state index contributed by atoms with van der Waals surface area (Å²) >= 11 is 5.15. The molecule has 0 saturated heterocycles. The van der Waals surface area contributed by atoms with Crippen molar-refractivity contribution < 1.29 is 4.79 Å². The number of rotatable bonds is 2. The quantitative estimate of drug-likeness (QED) is 0.605. The third-order valence-electron chi connectivity index (χ3n) is 1.07. The van der Waals surface area contributed by atoms with Gasteiger partial charge in [0.2, 0.25) is 5.24 Å². The van der Waals surface area contributed by atoms with Crippen molar-refractivity contribution >= 4 is 16.8 Å². The van der Waals surface area contributed by atoms with E-state index in [1.54, 1.807) is 18.5 Å². The average Bonchev–Trinajstić information content (AvgIpc) is 1.88. The molecule has 0 fully saturated rings. The second-order valence-corrected chi connectivity index (χ2v) is 2.31. The zero-order chi connectivity index (χ0) is 7.40. The fourth-order valence-corrected chi connectivity index (χ4v) is 0.817. The Bertz CT molecular complexity index is 222. The zero-order valence-corrected chi connectivity index (χ0v) is 6.01. The lowest BCUT2D eigenvalue weighted by Gasteiger charge is -1.91. The first kappa shape index (κ1) is 7.22. The fraction of sp³-hybridized carbons (Fsp3) is 0.143. The van der Waals surface area contributed by atoms with E-state index in [2.05, 4.69) is 4.98 Å². The van der Waals surface area contributed by atoms with Gasteiger partial charge >= 0.3 is 0 Å². The van der Waals surface area contributed by atoms with Crippen LogP contribution in [0.2, 0.25) is 0 Å². The standard InChI is InChI=1S/C7H6ClNO/c8-7(10)4-6-2-1-3-9-5-6/h1-3,5H,4H2. The lowest BCUT2D eigenvalue weighted by molar-refractivity contribution is -0.111. The molecule has 10 heavy (non-hydrogen) atoms. The highest BCUT2D eigenvalue weighted by Crippen LogP contribution is 1.98. The van der Waals surface area contributed by atoms with Gasteiger partial charge in [-0.25, -0.2) is 0 Å². The van der Waals surface area contributed by atoms with Crippen LogP contribution in [-0.4, -0.2) is 10.2 Å². The van der Waals surface area contributed by atoms with Gasteiger partial charge in [-0.15, -0.1) is 0 Å². The van der Waals surface area contributed by atoms with E-state index in [1.807, 2.05) is 6.07 Å². The fourth-order valence-electron chi connectivity index (χ4n) is 0.663. The van der Waals surface area contributed by atoms with Crippen LogP contribution in [0, 0.1) is 0 Å². The molecular formula is C7H6ClNO. The van der Waals surface area contributed by atoms with Gasteiger partial charge in [0.15, 0.2) is 0 Å². The van der Waals surface area contributed by atoms with E-state index in [-0.39, 0.29) is 11.7 Å². The summed E-state index contributed by atoms with van der Waals surface area (Å²) in [5.74, 6) is 0. The van der Waals surface area contributed by atoms with E-state index in [9.17, 15) is 4.79 Å². The third-order valence-corrected chi connectivity index (χ3v) is 1.20. The first-order valence-electron chi connectivity index (χ1n) is 2.86. The highest BCUT2D eigenvalue weighted by atomic mass is 35.5. The summed E-state index contributed by atoms with van der Waals surface area (Å²) < 4.78 is 0. The van der Waals surface area contributed by atoms with Gasteiger partial charge in [-0.3, -0.25) is 9.78 Å². The van der Waals surface area contributed by atoms with Gasteiger partial charge < -0.3 is 0 Å². The van der Waals surface area contributed by atoms with E-state index in [0.717, 1.165) is 5.56 Å². The molecule has 0 N–H and O–H groups in total. The van der Waals surface area contributed by atoms with Gasteiger partial charge in [0.1, 0.15) is 0 Å². The normalized spacial score (nSPS) is 9.30. The van der Waals surface area contributed by atoms with E-state index < -0.39 is 0 Å². The van der Waals surface area contributed by atoms with Crippen LogP contribution in [0.1, 0.15) is 5.56 Å². The van der Waals surface area contributed by atoms with Crippen molar-refractivity contribution in [3.8, 4) is 0 Å². The largest absolute Gasteiger partial charge is 0.281 e. The number of carbonyl (C=O) groups is 1. The van der Waals surface area contributed by atoms with Crippen molar-refractivity contribution in [2.24, 2.45) is 0 Å². The van der Waals surface area contributed by atoms with Crippen molar-refractivity contribution in [3.05, 3.63) is 30.1 Å². The number of hydrogen-bond acceptors (Lipinski definition) is 2. The summed E-state index contributed by atoms with van der Waals surface area (Å²) in [4.78, 5) is 14.2. The maximum Gasteiger partial charge on any atom is 0.226 e. The first-order chi connectivity index (χ1) is 4.79. The van der Waals surface area contributed by atoms with E-state index >= 15 is 0 Å². The molecule has 1 heterocycles. The maximum atomic E-state index is 10.4. The number of nitrogens with zero attached hydrogens (tertiary/aromatic N) is 1. The number of pyridine rings is 1. The highest BCUT2D eigenvalue weighted by Gasteiger charge is 1.96. The predicted octanol–water partition coefficient (Wildman–Crippen LogP) is 1.39. The van der Waals surface area contributed by atoms with Crippen LogP contribution in [0.3, 0.4) is 0 Å². The molecule has 52 valence electrons. The van der Waals surface area contributed by atoms with Crippen LogP contribution < -0.4 is 0 Å². The molecule has 0 aromatic carbocycles. The monoisotopic (exact) mass is 155 g/mol. The number of halogens is 1. The minimum Gasteiger partial charge on any atom is -0.281 e. The Morgan fingerprint density at radius 2 is 2.50 bits per heavy atom. The van der Waals surface area contributed by atoms with Gasteiger partial charge in [-0.1, -0.05) is 6.07 Å². The molecule has 0 aliphatic carbocycles. The lowest BCUT2D eigenvalue weighted by atomic mass is 10.2. The molecule has 0 aliphatic heterocycles. The summed E-state index contributed by atoms with van der Waals surface area (Å²) in [7, 11) is 0. The average molecular weight is 156 g/mol. The molecule has 0 aliphatic rings. The summed E-state index contributed by atoms with van der Waals surface area (Å²) in [6.07, 6.45) is 3.54. The Hall–Kier alpha value is -0.890. The molecule has 1 aromatic rings. The molecule has 1 aromatic heterocycles. The first-order valence-corrected chi connectivity index (χ1v) is 3.24. The van der Waals surface area contributed by atoms with Crippen LogP contribution in [0.5, 0.6) is 0 Å². The minimum absolute atomic E-state index is 0.259. The van der Waals surface area contributed by atoms with Crippen LogP contribution in [0.4, 0.5) is 0 Å². The molecule has 0 saturated carbocycles. The maximum absolute atomic E-state index is 10.4. The number of hydrogen-bond donors (Lipinski definition) is 0. The second kappa shape index (κ2) is 3.32. The summed E-state index contributed by atoms with van der Waals surface area (Å²) in [5.41, 5.74) is 0.850. The topological polar surface area (TPSA) is 30.0 Å². The molecule has 0 radical (unpaired) electrons. The van der Waals surface area contributed by atoms with Crippen molar-refractivity contribution in [1.29, 1.82) is 0 Å². The lowest BCUT2D eigenvalue weighted by Crippen LogP contribution is -1.92. The molecule has 2 nitrogen and oxygen atoms in total. The number of carbonyl (C=O) groups excluding carboxylic acids is 1. The van der Waals surface area contributed by atoms with E-state index in [4.69, 9.17) is 11.6 Å². The molecule has 3 heteroatoms. The number of aromatic nitrogens is 1. The molecule has 0 amide bonds. The van der Waals surface area contributed by atoms with Crippen molar-refractivity contribution in [3.63, 3.8) is 0 Å². The summed E-state index contributed by atoms with van der Waals surface area (Å²) in [6, 6.07) is 3.59. The van der Waals surface area contributed by atoms with Crippen molar-refractivity contribution in [1.82, 2.24) is 4.98 Å². The van der Waals surface area contributed by atoms with Crippen LogP contribution in [0.15, 0.2) is 24.5 Å². The zero-order valence-electron chi connectivity index (χ0n) is 5.25. The highest BCUT2D eigenvalue weighted by molar-refractivity contribution is 6.63. The Balaban J connectivity index is 2.67. The third kappa shape index (κ3) is 2.15. The summed E-state index contributed by atoms with van der Waals surface area (Å²) in [6.45, 7) is 0. The molecule has 0 unspecified atom stereocenters. The molecule has 0 spiro atoms. The molecule has 0 atom stereocenters. The van der Waals surface area contributed by atoms with Crippen LogP contribution in [0.25, 0.3) is 0 Å². The van der Waals surface area contributed by atoms with Gasteiger partial charge in [0.05, 0.1) is 0 Å². The molecule has 0 bridgehead atoms. The Morgan fingerprint density at radius 1 is 1.70 bits per heavy atom. The van der Waals surface area contributed by atoms with Crippen LogP contribution in [-0.2, 0) is 11.2 Å². The van der Waals surface area contributed by atoms with Gasteiger partial charge in [-0.2, -0.15) is 0 Å².